The van der Waals surface area contributed by atoms with Gasteiger partial charge in [-0.25, -0.2) is 4.79 Å². The average molecular weight is 445 g/mol. The predicted octanol–water partition coefficient (Wildman–Crippen LogP) is 6.06. The molecule has 2 rings (SSSR count). The molecule has 0 amide bonds. The minimum Gasteiger partial charge on any atom is -0.508 e. The number of hydrogen-bond donors (Lipinski definition) is 3. The maximum Gasteiger partial charge on any atom is 0.326 e. The first-order valence-electron chi connectivity index (χ1n) is 9.05. The summed E-state index contributed by atoms with van der Waals surface area (Å²) in [7, 11) is 0. The Morgan fingerprint density at radius 1 is 1.24 bits per heavy atom. The molecule has 2 aromatic rings. The number of phenolic OH excluding ortho intramolecular Hbond substituents is 1. The fraction of sp³-hybridized carbons (Fsp3) is 0.400. The molecule has 1 aromatic carbocycles. The summed E-state index contributed by atoms with van der Waals surface area (Å²) in [6.07, 6.45) is 0.281. The molecule has 0 fully saturated rings. The van der Waals surface area contributed by atoms with Gasteiger partial charge < -0.3 is 20.3 Å². The first-order valence-corrected chi connectivity index (χ1v) is 9.81. The number of rotatable bonds is 8. The number of phenols is 1. The standard InChI is InChI=1S/C20H23Cl2FN2O4/c1-9(2)7-13(20(27)28)24-19-16(22)17(15(21)18(23)25-19)29-11-5-6-14(26)12(8-11)10(3)4/h5-6,8-10,13,26H,7H2,1-4H3,(H,24,25)(H,27,28). The van der Waals surface area contributed by atoms with Gasteiger partial charge in [0.1, 0.15) is 27.6 Å². The Hall–Kier alpha value is -2.25. The summed E-state index contributed by atoms with van der Waals surface area (Å²) in [6.45, 7) is 7.52. The van der Waals surface area contributed by atoms with Gasteiger partial charge in [-0.05, 0) is 36.5 Å². The predicted molar refractivity (Wildman–Crippen MR) is 111 cm³/mol. The second kappa shape index (κ2) is 9.50. The molecule has 1 heterocycles. The van der Waals surface area contributed by atoms with Crippen LogP contribution in [0.15, 0.2) is 18.2 Å². The number of pyridine rings is 1. The van der Waals surface area contributed by atoms with Crippen LogP contribution in [0.3, 0.4) is 0 Å². The number of ether oxygens (including phenoxy) is 1. The van der Waals surface area contributed by atoms with E-state index in [1.165, 1.54) is 12.1 Å². The number of anilines is 1. The van der Waals surface area contributed by atoms with E-state index in [-0.39, 0.29) is 46.3 Å². The normalized spacial score (nSPS) is 12.3. The molecular formula is C20H23Cl2FN2O4. The van der Waals surface area contributed by atoms with Crippen LogP contribution < -0.4 is 10.1 Å². The van der Waals surface area contributed by atoms with Crippen LogP contribution in [0.25, 0.3) is 0 Å². The maximum absolute atomic E-state index is 14.3. The van der Waals surface area contributed by atoms with Crippen molar-refractivity contribution in [2.45, 2.75) is 46.1 Å². The highest BCUT2D eigenvalue weighted by Crippen LogP contribution is 2.42. The Morgan fingerprint density at radius 2 is 1.90 bits per heavy atom. The molecule has 0 saturated heterocycles. The van der Waals surface area contributed by atoms with Crippen LogP contribution >= 0.6 is 23.2 Å². The van der Waals surface area contributed by atoms with E-state index < -0.39 is 23.0 Å². The molecule has 1 unspecified atom stereocenters. The number of benzene rings is 1. The first kappa shape index (κ1) is 23.0. The molecule has 29 heavy (non-hydrogen) atoms. The summed E-state index contributed by atoms with van der Waals surface area (Å²) in [5.74, 6) is -2.07. The average Bonchev–Trinajstić information content (AvgIpc) is 2.63. The third-order valence-corrected chi connectivity index (χ3v) is 4.83. The molecule has 0 aliphatic heterocycles. The van der Waals surface area contributed by atoms with Crippen molar-refractivity contribution in [1.29, 1.82) is 0 Å². The zero-order valence-electron chi connectivity index (χ0n) is 16.5. The van der Waals surface area contributed by atoms with Crippen molar-refractivity contribution < 1.29 is 24.1 Å². The summed E-state index contributed by atoms with van der Waals surface area (Å²) in [5.41, 5.74) is 0.630. The van der Waals surface area contributed by atoms with E-state index >= 15 is 0 Å². The Kier molecular flexibility index (Phi) is 7.54. The van der Waals surface area contributed by atoms with Gasteiger partial charge in [-0.1, -0.05) is 50.9 Å². The lowest BCUT2D eigenvalue weighted by Crippen LogP contribution is -2.31. The van der Waals surface area contributed by atoms with Crippen LogP contribution in [0.4, 0.5) is 10.2 Å². The molecule has 0 aliphatic carbocycles. The van der Waals surface area contributed by atoms with Crippen LogP contribution in [-0.4, -0.2) is 27.2 Å². The molecule has 3 N–H and O–H groups in total. The smallest absolute Gasteiger partial charge is 0.326 e. The minimum absolute atomic E-state index is 0.0169. The number of aromatic hydroxyl groups is 1. The van der Waals surface area contributed by atoms with Crippen molar-refractivity contribution in [2.24, 2.45) is 5.92 Å². The largest absolute Gasteiger partial charge is 0.508 e. The number of nitrogens with zero attached hydrogens (tertiary/aromatic N) is 1. The van der Waals surface area contributed by atoms with Gasteiger partial charge in [0.15, 0.2) is 11.6 Å². The Bertz CT molecular complexity index is 907. The van der Waals surface area contributed by atoms with Crippen molar-refractivity contribution in [2.75, 3.05) is 5.32 Å². The van der Waals surface area contributed by atoms with Crippen LogP contribution in [0, 0.1) is 11.9 Å². The SMILES string of the molecule is CC(C)CC(Nc1nc(F)c(Cl)c(Oc2ccc(O)c(C(C)C)c2)c1Cl)C(=O)O. The van der Waals surface area contributed by atoms with Gasteiger partial charge >= 0.3 is 5.97 Å². The number of hydrogen-bond acceptors (Lipinski definition) is 5. The van der Waals surface area contributed by atoms with E-state index in [0.717, 1.165) is 0 Å². The fourth-order valence-electron chi connectivity index (χ4n) is 2.71. The van der Waals surface area contributed by atoms with E-state index in [2.05, 4.69) is 10.3 Å². The summed E-state index contributed by atoms with van der Waals surface area (Å²) in [6, 6.07) is 3.51. The van der Waals surface area contributed by atoms with Gasteiger partial charge in [0.05, 0.1) is 0 Å². The Labute approximate surface area is 178 Å². The Morgan fingerprint density at radius 3 is 2.45 bits per heavy atom. The molecule has 158 valence electrons. The highest BCUT2D eigenvalue weighted by atomic mass is 35.5. The van der Waals surface area contributed by atoms with Crippen LogP contribution in [-0.2, 0) is 4.79 Å². The summed E-state index contributed by atoms with van der Waals surface area (Å²) >= 11 is 12.3. The molecule has 9 heteroatoms. The van der Waals surface area contributed by atoms with Gasteiger partial charge in [0, 0.05) is 5.56 Å². The summed E-state index contributed by atoms with van der Waals surface area (Å²) in [5, 5.41) is 21.4. The zero-order chi connectivity index (χ0) is 21.9. The van der Waals surface area contributed by atoms with Crippen molar-refractivity contribution >= 4 is 35.0 Å². The number of halogens is 3. The molecule has 0 saturated carbocycles. The number of aromatic nitrogens is 1. The lowest BCUT2D eigenvalue weighted by Gasteiger charge is -2.19. The van der Waals surface area contributed by atoms with E-state index in [4.69, 9.17) is 27.9 Å². The first-order chi connectivity index (χ1) is 13.5. The lowest BCUT2D eigenvalue weighted by atomic mass is 10.0. The molecule has 1 atom stereocenters. The number of nitrogens with one attached hydrogen (secondary N) is 1. The molecule has 0 aliphatic rings. The molecule has 6 nitrogen and oxygen atoms in total. The highest BCUT2D eigenvalue weighted by Gasteiger charge is 2.25. The fourth-order valence-corrected chi connectivity index (χ4v) is 3.17. The molecule has 0 radical (unpaired) electrons. The summed E-state index contributed by atoms with van der Waals surface area (Å²) < 4.78 is 20.0. The van der Waals surface area contributed by atoms with Gasteiger partial charge in [-0.2, -0.15) is 9.37 Å². The quantitative estimate of drug-likeness (QED) is 0.428. The molecule has 1 aromatic heterocycles. The monoisotopic (exact) mass is 444 g/mol. The number of aliphatic carboxylic acids is 1. The molecule has 0 spiro atoms. The molecular weight excluding hydrogens is 422 g/mol. The highest BCUT2D eigenvalue weighted by molar-refractivity contribution is 6.38. The van der Waals surface area contributed by atoms with Crippen molar-refractivity contribution in [1.82, 2.24) is 4.98 Å². The number of carbonyl (C=O) groups is 1. The van der Waals surface area contributed by atoms with Crippen molar-refractivity contribution in [3.8, 4) is 17.2 Å². The number of carboxylic acid groups (broad SMARTS) is 1. The lowest BCUT2D eigenvalue weighted by molar-refractivity contribution is -0.138. The van der Waals surface area contributed by atoms with Crippen molar-refractivity contribution in [3.05, 3.63) is 39.8 Å². The zero-order valence-corrected chi connectivity index (χ0v) is 18.0. The molecule has 0 bridgehead atoms. The van der Waals surface area contributed by atoms with Gasteiger partial charge in [0.25, 0.3) is 0 Å². The van der Waals surface area contributed by atoms with Crippen LogP contribution in [0.2, 0.25) is 10.0 Å². The van der Waals surface area contributed by atoms with E-state index in [1.54, 1.807) is 6.07 Å². The topological polar surface area (TPSA) is 91.7 Å². The van der Waals surface area contributed by atoms with Crippen LogP contribution in [0.1, 0.15) is 45.6 Å². The maximum atomic E-state index is 14.3. The van der Waals surface area contributed by atoms with Gasteiger partial charge in [-0.3, -0.25) is 0 Å². The van der Waals surface area contributed by atoms with E-state index in [0.29, 0.717) is 5.56 Å². The van der Waals surface area contributed by atoms with Crippen molar-refractivity contribution in [3.63, 3.8) is 0 Å². The second-order valence-electron chi connectivity index (χ2n) is 7.35. The van der Waals surface area contributed by atoms with Gasteiger partial charge in [0.2, 0.25) is 5.95 Å². The summed E-state index contributed by atoms with van der Waals surface area (Å²) in [4.78, 5) is 15.1. The third-order valence-electron chi connectivity index (χ3n) is 4.15. The third kappa shape index (κ3) is 5.64. The second-order valence-corrected chi connectivity index (χ2v) is 8.11. The van der Waals surface area contributed by atoms with Gasteiger partial charge in [-0.15, -0.1) is 0 Å². The van der Waals surface area contributed by atoms with E-state index in [1.807, 2.05) is 27.7 Å². The number of carboxylic acids is 1. The minimum atomic E-state index is -1.12. The Balaban J connectivity index is 2.43. The van der Waals surface area contributed by atoms with E-state index in [9.17, 15) is 19.4 Å². The van der Waals surface area contributed by atoms with Crippen LogP contribution in [0.5, 0.6) is 17.2 Å².